The molecule has 0 aliphatic carbocycles. The van der Waals surface area contributed by atoms with Gasteiger partial charge in [-0.2, -0.15) is 0 Å². The Morgan fingerprint density at radius 1 is 1.60 bits per heavy atom. The average molecular weight is 215 g/mol. The fourth-order valence-electron chi connectivity index (χ4n) is 1.60. The van der Waals surface area contributed by atoms with E-state index in [2.05, 4.69) is 12.2 Å². The standard InChI is InChI=1S/C11H21NO3/c1-3-4-6-15-11(13)8-12-10-5-7-14-9(10)2/h9-10,12H,3-8H2,1-2H3. The molecule has 1 aliphatic rings. The molecule has 1 N–H and O–H groups in total. The first-order valence-electron chi connectivity index (χ1n) is 5.74. The molecular formula is C11H21NO3. The molecule has 2 atom stereocenters. The van der Waals surface area contributed by atoms with Gasteiger partial charge in [-0.3, -0.25) is 4.79 Å². The van der Waals surface area contributed by atoms with Gasteiger partial charge in [0, 0.05) is 12.6 Å². The second-order valence-corrected chi connectivity index (χ2v) is 3.93. The van der Waals surface area contributed by atoms with Crippen LogP contribution in [0.3, 0.4) is 0 Å². The van der Waals surface area contributed by atoms with Crippen LogP contribution in [0.15, 0.2) is 0 Å². The van der Waals surface area contributed by atoms with Crippen molar-refractivity contribution in [2.45, 2.75) is 45.3 Å². The monoisotopic (exact) mass is 215 g/mol. The molecule has 0 amide bonds. The first-order chi connectivity index (χ1) is 7.24. The molecule has 0 radical (unpaired) electrons. The number of nitrogens with one attached hydrogen (secondary N) is 1. The maximum Gasteiger partial charge on any atom is 0.319 e. The quantitative estimate of drug-likeness (QED) is 0.532. The zero-order valence-corrected chi connectivity index (χ0v) is 9.62. The molecule has 1 saturated heterocycles. The van der Waals surface area contributed by atoms with Crippen molar-refractivity contribution in [1.82, 2.24) is 5.32 Å². The maximum absolute atomic E-state index is 11.3. The molecule has 1 fully saturated rings. The fraction of sp³-hybridized carbons (Fsp3) is 0.909. The van der Waals surface area contributed by atoms with Crippen molar-refractivity contribution in [2.24, 2.45) is 0 Å². The summed E-state index contributed by atoms with van der Waals surface area (Å²) in [7, 11) is 0. The second kappa shape index (κ2) is 6.80. The molecule has 4 nitrogen and oxygen atoms in total. The molecule has 0 aromatic carbocycles. The lowest BCUT2D eigenvalue weighted by molar-refractivity contribution is -0.142. The summed E-state index contributed by atoms with van der Waals surface area (Å²) in [6, 6.07) is 0.295. The molecular weight excluding hydrogens is 194 g/mol. The number of esters is 1. The summed E-state index contributed by atoms with van der Waals surface area (Å²) >= 11 is 0. The van der Waals surface area contributed by atoms with Gasteiger partial charge in [-0.1, -0.05) is 13.3 Å². The highest BCUT2D eigenvalue weighted by Crippen LogP contribution is 2.11. The highest BCUT2D eigenvalue weighted by atomic mass is 16.5. The summed E-state index contributed by atoms with van der Waals surface area (Å²) in [6.45, 7) is 5.70. The molecule has 1 rings (SSSR count). The van der Waals surface area contributed by atoms with Crippen LogP contribution in [0.1, 0.15) is 33.1 Å². The molecule has 1 heterocycles. The minimum atomic E-state index is -0.164. The molecule has 88 valence electrons. The van der Waals surface area contributed by atoms with Gasteiger partial charge in [0.05, 0.1) is 19.3 Å². The van der Waals surface area contributed by atoms with E-state index >= 15 is 0 Å². The number of carbonyl (C=O) groups is 1. The third kappa shape index (κ3) is 4.62. The third-order valence-electron chi connectivity index (χ3n) is 2.65. The van der Waals surface area contributed by atoms with E-state index in [0.717, 1.165) is 25.9 Å². The maximum atomic E-state index is 11.3. The Bertz CT molecular complexity index is 196. The average Bonchev–Trinajstić information content (AvgIpc) is 2.61. The van der Waals surface area contributed by atoms with Gasteiger partial charge in [-0.15, -0.1) is 0 Å². The van der Waals surface area contributed by atoms with Crippen LogP contribution in [0.2, 0.25) is 0 Å². The summed E-state index contributed by atoms with van der Waals surface area (Å²) in [4.78, 5) is 11.3. The van der Waals surface area contributed by atoms with Crippen LogP contribution >= 0.6 is 0 Å². The van der Waals surface area contributed by atoms with Crippen molar-refractivity contribution < 1.29 is 14.3 Å². The first kappa shape index (κ1) is 12.5. The van der Waals surface area contributed by atoms with Crippen LogP contribution in [0.4, 0.5) is 0 Å². The van der Waals surface area contributed by atoms with E-state index in [1.165, 1.54) is 0 Å². The van der Waals surface area contributed by atoms with Gasteiger partial charge in [-0.05, 0) is 19.8 Å². The van der Waals surface area contributed by atoms with E-state index in [-0.39, 0.29) is 12.1 Å². The number of carbonyl (C=O) groups excluding carboxylic acids is 1. The minimum absolute atomic E-state index is 0.164. The van der Waals surface area contributed by atoms with Crippen molar-refractivity contribution in [2.75, 3.05) is 19.8 Å². The summed E-state index contributed by atoms with van der Waals surface area (Å²) in [5, 5.41) is 3.16. The Labute approximate surface area is 91.3 Å². The molecule has 0 spiro atoms. The highest BCUT2D eigenvalue weighted by molar-refractivity contribution is 5.71. The number of ether oxygens (including phenoxy) is 2. The van der Waals surface area contributed by atoms with Gasteiger partial charge in [0.15, 0.2) is 0 Å². The Kier molecular flexibility index (Phi) is 5.65. The predicted molar refractivity (Wildman–Crippen MR) is 57.7 cm³/mol. The fourth-order valence-corrected chi connectivity index (χ4v) is 1.60. The van der Waals surface area contributed by atoms with Crippen molar-refractivity contribution in [3.05, 3.63) is 0 Å². The predicted octanol–water partition coefficient (Wildman–Crippen LogP) is 1.10. The second-order valence-electron chi connectivity index (χ2n) is 3.93. The number of hydrogen-bond donors (Lipinski definition) is 1. The molecule has 0 bridgehead atoms. The zero-order chi connectivity index (χ0) is 11.1. The molecule has 0 aromatic heterocycles. The smallest absolute Gasteiger partial charge is 0.319 e. The molecule has 15 heavy (non-hydrogen) atoms. The highest BCUT2D eigenvalue weighted by Gasteiger charge is 2.24. The molecule has 0 saturated carbocycles. The van der Waals surface area contributed by atoms with Gasteiger partial charge in [0.1, 0.15) is 0 Å². The molecule has 2 unspecified atom stereocenters. The van der Waals surface area contributed by atoms with Crippen LogP contribution in [0.25, 0.3) is 0 Å². The van der Waals surface area contributed by atoms with Crippen molar-refractivity contribution in [1.29, 1.82) is 0 Å². The van der Waals surface area contributed by atoms with Crippen molar-refractivity contribution >= 4 is 5.97 Å². The lowest BCUT2D eigenvalue weighted by Crippen LogP contribution is -2.38. The Morgan fingerprint density at radius 3 is 3.00 bits per heavy atom. The topological polar surface area (TPSA) is 47.6 Å². The van der Waals surface area contributed by atoms with E-state index in [4.69, 9.17) is 9.47 Å². The van der Waals surface area contributed by atoms with Crippen LogP contribution in [0, 0.1) is 0 Å². The van der Waals surface area contributed by atoms with Crippen molar-refractivity contribution in [3.63, 3.8) is 0 Å². The van der Waals surface area contributed by atoms with Crippen LogP contribution in [-0.2, 0) is 14.3 Å². The number of rotatable bonds is 6. The Hall–Kier alpha value is -0.610. The lowest BCUT2D eigenvalue weighted by Gasteiger charge is -2.15. The van der Waals surface area contributed by atoms with Crippen LogP contribution in [0.5, 0.6) is 0 Å². The number of hydrogen-bond acceptors (Lipinski definition) is 4. The van der Waals surface area contributed by atoms with E-state index in [0.29, 0.717) is 19.2 Å². The van der Waals surface area contributed by atoms with Crippen molar-refractivity contribution in [3.8, 4) is 0 Å². The summed E-state index contributed by atoms with van der Waals surface area (Å²) < 4.78 is 10.4. The SMILES string of the molecule is CCCCOC(=O)CNC1CCOC1C. The lowest BCUT2D eigenvalue weighted by atomic mass is 10.1. The van der Waals surface area contributed by atoms with Gasteiger partial charge < -0.3 is 14.8 Å². The van der Waals surface area contributed by atoms with E-state index in [1.807, 2.05) is 6.92 Å². The minimum Gasteiger partial charge on any atom is -0.465 e. The Morgan fingerprint density at radius 2 is 2.40 bits per heavy atom. The molecule has 4 heteroatoms. The van der Waals surface area contributed by atoms with E-state index < -0.39 is 0 Å². The molecule has 0 aromatic rings. The largest absolute Gasteiger partial charge is 0.465 e. The van der Waals surface area contributed by atoms with Crippen LogP contribution < -0.4 is 5.32 Å². The molecule has 1 aliphatic heterocycles. The normalized spacial score (nSPS) is 25.5. The van der Waals surface area contributed by atoms with Gasteiger partial charge in [0.25, 0.3) is 0 Å². The number of unbranched alkanes of at least 4 members (excludes halogenated alkanes) is 1. The Balaban J connectivity index is 2.05. The summed E-state index contributed by atoms with van der Waals surface area (Å²) in [5.41, 5.74) is 0. The summed E-state index contributed by atoms with van der Waals surface area (Å²) in [5.74, 6) is -0.164. The van der Waals surface area contributed by atoms with E-state index in [9.17, 15) is 4.79 Å². The summed E-state index contributed by atoms with van der Waals surface area (Å²) in [6.07, 6.45) is 3.17. The third-order valence-corrected chi connectivity index (χ3v) is 2.65. The van der Waals surface area contributed by atoms with E-state index in [1.54, 1.807) is 0 Å². The van der Waals surface area contributed by atoms with Gasteiger partial charge in [-0.25, -0.2) is 0 Å². The van der Waals surface area contributed by atoms with Gasteiger partial charge in [0.2, 0.25) is 0 Å². The van der Waals surface area contributed by atoms with Gasteiger partial charge >= 0.3 is 5.97 Å². The van der Waals surface area contributed by atoms with Crippen LogP contribution in [-0.4, -0.2) is 37.9 Å². The first-order valence-corrected chi connectivity index (χ1v) is 5.74. The zero-order valence-electron chi connectivity index (χ0n) is 9.62.